The first kappa shape index (κ1) is 14.4. The van der Waals surface area contributed by atoms with E-state index >= 15 is 0 Å². The highest BCUT2D eigenvalue weighted by molar-refractivity contribution is 6.31. The topological polar surface area (TPSA) is 25.8 Å². The zero-order valence-corrected chi connectivity index (χ0v) is 14.0. The molecule has 0 atom stereocenters. The summed E-state index contributed by atoms with van der Waals surface area (Å²) in [5.74, 6) is 0. The third-order valence-electron chi connectivity index (χ3n) is 4.60. The number of halogens is 1. The van der Waals surface area contributed by atoms with Gasteiger partial charge >= 0.3 is 0 Å². The summed E-state index contributed by atoms with van der Waals surface area (Å²) in [6.45, 7) is 0. The molecule has 0 aliphatic rings. The molecule has 0 saturated carbocycles. The molecule has 5 aromatic rings. The highest BCUT2D eigenvalue weighted by Crippen LogP contribution is 2.35. The van der Waals surface area contributed by atoms with Gasteiger partial charge in [-0.05, 0) is 40.1 Å². The molecule has 0 aliphatic heterocycles. The molecule has 4 aromatic carbocycles. The van der Waals surface area contributed by atoms with Crippen LogP contribution in [0.15, 0.2) is 79.1 Å². The van der Waals surface area contributed by atoms with Gasteiger partial charge < -0.3 is 0 Å². The molecule has 0 spiro atoms. The van der Waals surface area contributed by atoms with Crippen LogP contribution in [0.3, 0.4) is 0 Å². The van der Waals surface area contributed by atoms with Crippen LogP contribution in [0.4, 0.5) is 0 Å². The predicted molar refractivity (Wildman–Crippen MR) is 105 cm³/mol. The summed E-state index contributed by atoms with van der Waals surface area (Å²) < 4.78 is 0. The Hall–Kier alpha value is -2.97. The lowest BCUT2D eigenvalue weighted by atomic mass is 9.95. The number of hydrogen-bond donors (Lipinski definition) is 0. The molecule has 1 aromatic heterocycles. The SMILES string of the molecule is Clc1cccc(-c2ccc3c(c2)c2ccccc2c2nccnc32)c1. The lowest BCUT2D eigenvalue weighted by Crippen LogP contribution is -1.89. The fourth-order valence-corrected chi connectivity index (χ4v) is 3.67. The Kier molecular flexibility index (Phi) is 3.19. The summed E-state index contributed by atoms with van der Waals surface area (Å²) in [6.07, 6.45) is 3.50. The van der Waals surface area contributed by atoms with Crippen LogP contribution >= 0.6 is 11.6 Å². The number of nitrogens with zero attached hydrogens (tertiary/aromatic N) is 2. The van der Waals surface area contributed by atoms with Gasteiger partial charge in [0.1, 0.15) is 0 Å². The number of hydrogen-bond acceptors (Lipinski definition) is 2. The fraction of sp³-hybridized carbons (Fsp3) is 0. The molecule has 0 unspecified atom stereocenters. The van der Waals surface area contributed by atoms with Crippen LogP contribution in [0.2, 0.25) is 5.02 Å². The molecule has 3 heteroatoms. The average molecular weight is 341 g/mol. The molecule has 0 bridgehead atoms. The summed E-state index contributed by atoms with van der Waals surface area (Å²) in [6, 6.07) is 22.8. The van der Waals surface area contributed by atoms with Gasteiger partial charge in [0, 0.05) is 28.2 Å². The van der Waals surface area contributed by atoms with Crippen LogP contribution in [0.1, 0.15) is 0 Å². The van der Waals surface area contributed by atoms with Crippen molar-refractivity contribution in [1.29, 1.82) is 0 Å². The molecule has 2 nitrogen and oxygen atoms in total. The van der Waals surface area contributed by atoms with E-state index in [1.165, 1.54) is 10.8 Å². The first-order chi connectivity index (χ1) is 12.3. The van der Waals surface area contributed by atoms with Gasteiger partial charge in [-0.3, -0.25) is 9.97 Å². The van der Waals surface area contributed by atoms with Gasteiger partial charge in [-0.25, -0.2) is 0 Å². The van der Waals surface area contributed by atoms with Gasteiger partial charge in [0.05, 0.1) is 11.0 Å². The highest BCUT2D eigenvalue weighted by atomic mass is 35.5. The molecule has 0 saturated heterocycles. The molecular formula is C22H13ClN2. The van der Waals surface area contributed by atoms with Crippen molar-refractivity contribution in [1.82, 2.24) is 9.97 Å². The number of fused-ring (bicyclic) bond motifs is 6. The number of rotatable bonds is 1. The molecule has 0 aliphatic carbocycles. The maximum Gasteiger partial charge on any atom is 0.0971 e. The number of benzene rings is 4. The van der Waals surface area contributed by atoms with Crippen molar-refractivity contribution in [3.8, 4) is 11.1 Å². The molecule has 0 N–H and O–H groups in total. The van der Waals surface area contributed by atoms with Crippen molar-refractivity contribution in [2.45, 2.75) is 0 Å². The minimum atomic E-state index is 0.742. The van der Waals surface area contributed by atoms with Gasteiger partial charge in [0.2, 0.25) is 0 Å². The molecule has 0 radical (unpaired) electrons. The highest BCUT2D eigenvalue weighted by Gasteiger charge is 2.11. The minimum absolute atomic E-state index is 0.742. The van der Waals surface area contributed by atoms with Crippen molar-refractivity contribution < 1.29 is 0 Å². The van der Waals surface area contributed by atoms with Crippen LogP contribution in [0, 0.1) is 0 Å². The van der Waals surface area contributed by atoms with Gasteiger partial charge in [-0.15, -0.1) is 0 Å². The van der Waals surface area contributed by atoms with Crippen LogP contribution in [0.25, 0.3) is 43.7 Å². The Morgan fingerprint density at radius 2 is 1.24 bits per heavy atom. The summed E-state index contributed by atoms with van der Waals surface area (Å²) >= 11 is 6.17. The second kappa shape index (κ2) is 5.54. The minimum Gasteiger partial charge on any atom is -0.252 e. The summed E-state index contributed by atoms with van der Waals surface area (Å²) in [4.78, 5) is 9.16. The first-order valence-corrected chi connectivity index (χ1v) is 8.50. The van der Waals surface area contributed by atoms with Crippen LogP contribution in [-0.4, -0.2) is 9.97 Å². The Morgan fingerprint density at radius 3 is 2.00 bits per heavy atom. The molecule has 0 fully saturated rings. The van der Waals surface area contributed by atoms with Crippen molar-refractivity contribution in [2.75, 3.05) is 0 Å². The second-order valence-electron chi connectivity index (χ2n) is 6.07. The smallest absolute Gasteiger partial charge is 0.0971 e. The fourth-order valence-electron chi connectivity index (χ4n) is 3.48. The Labute approximate surface area is 149 Å². The predicted octanol–water partition coefficient (Wildman–Crippen LogP) is 6.26. The zero-order valence-electron chi connectivity index (χ0n) is 13.3. The lowest BCUT2D eigenvalue weighted by molar-refractivity contribution is 1.31. The van der Waals surface area contributed by atoms with E-state index in [4.69, 9.17) is 11.6 Å². The maximum absolute atomic E-state index is 6.17. The molecule has 0 amide bonds. The van der Waals surface area contributed by atoms with Crippen molar-refractivity contribution in [3.63, 3.8) is 0 Å². The summed E-state index contributed by atoms with van der Waals surface area (Å²) in [5, 5.41) is 5.36. The van der Waals surface area contributed by atoms with E-state index in [-0.39, 0.29) is 0 Å². The van der Waals surface area contributed by atoms with Crippen LogP contribution < -0.4 is 0 Å². The quantitative estimate of drug-likeness (QED) is 0.337. The van der Waals surface area contributed by atoms with E-state index in [9.17, 15) is 0 Å². The summed E-state index contributed by atoms with van der Waals surface area (Å²) in [7, 11) is 0. The van der Waals surface area contributed by atoms with Crippen molar-refractivity contribution in [3.05, 3.63) is 84.1 Å². The van der Waals surface area contributed by atoms with E-state index in [1.807, 2.05) is 24.3 Å². The van der Waals surface area contributed by atoms with E-state index < -0.39 is 0 Å². The first-order valence-electron chi connectivity index (χ1n) is 8.12. The molecule has 118 valence electrons. The van der Waals surface area contributed by atoms with Gasteiger partial charge in [-0.1, -0.05) is 60.1 Å². The molecule has 5 rings (SSSR count). The Balaban J connectivity index is 1.93. The standard InChI is InChI=1S/C22H13ClN2/c23-16-5-3-4-14(12-16)15-8-9-19-20(13-15)17-6-1-2-7-18(17)21-22(19)25-11-10-24-21/h1-13H. The third kappa shape index (κ3) is 2.26. The molecule has 25 heavy (non-hydrogen) atoms. The monoisotopic (exact) mass is 340 g/mol. The largest absolute Gasteiger partial charge is 0.252 e. The maximum atomic E-state index is 6.17. The van der Waals surface area contributed by atoms with E-state index in [0.717, 1.165) is 38.0 Å². The third-order valence-corrected chi connectivity index (χ3v) is 4.84. The van der Waals surface area contributed by atoms with Crippen LogP contribution in [-0.2, 0) is 0 Å². The van der Waals surface area contributed by atoms with E-state index in [2.05, 4.69) is 52.4 Å². The molecular weight excluding hydrogens is 328 g/mol. The van der Waals surface area contributed by atoms with E-state index in [1.54, 1.807) is 12.4 Å². The summed E-state index contributed by atoms with van der Waals surface area (Å²) in [5.41, 5.74) is 4.14. The van der Waals surface area contributed by atoms with Gasteiger partial charge in [0.25, 0.3) is 0 Å². The normalized spacial score (nSPS) is 11.4. The zero-order chi connectivity index (χ0) is 16.8. The Bertz CT molecular complexity index is 1230. The van der Waals surface area contributed by atoms with Crippen molar-refractivity contribution >= 4 is 44.2 Å². The van der Waals surface area contributed by atoms with Gasteiger partial charge in [0.15, 0.2) is 0 Å². The van der Waals surface area contributed by atoms with E-state index in [0.29, 0.717) is 0 Å². The van der Waals surface area contributed by atoms with Crippen molar-refractivity contribution in [2.24, 2.45) is 0 Å². The second-order valence-corrected chi connectivity index (χ2v) is 6.51. The lowest BCUT2D eigenvalue weighted by Gasteiger charge is -2.10. The van der Waals surface area contributed by atoms with Crippen LogP contribution in [0.5, 0.6) is 0 Å². The molecule has 1 heterocycles. The average Bonchev–Trinajstić information content (AvgIpc) is 2.68. The number of aromatic nitrogens is 2. The Morgan fingerprint density at radius 1 is 0.560 bits per heavy atom. The van der Waals surface area contributed by atoms with Gasteiger partial charge in [-0.2, -0.15) is 0 Å².